The Hall–Kier alpha value is -2.89. The SMILES string of the molecule is Cc1cn2nc(C3CCC(C)CN3C(=O)c3cc(Cl)ccc3NS(C)(=O)=O)cc2nc1N1CC(N)C1. The van der Waals surface area contributed by atoms with Crippen molar-refractivity contribution in [2.75, 3.05) is 35.5 Å². The van der Waals surface area contributed by atoms with Gasteiger partial charge in [-0.15, -0.1) is 0 Å². The third kappa shape index (κ3) is 4.87. The van der Waals surface area contributed by atoms with E-state index in [1.54, 1.807) is 15.5 Å². The minimum atomic E-state index is -3.59. The maximum absolute atomic E-state index is 13.8. The van der Waals surface area contributed by atoms with Gasteiger partial charge >= 0.3 is 0 Å². The van der Waals surface area contributed by atoms with Crippen LogP contribution in [0.1, 0.15) is 47.4 Å². The zero-order chi connectivity index (χ0) is 25.8. The number of sulfonamides is 1. The van der Waals surface area contributed by atoms with Gasteiger partial charge in [-0.05, 0) is 43.9 Å². The van der Waals surface area contributed by atoms with Crippen LogP contribution in [0.3, 0.4) is 0 Å². The average Bonchev–Trinajstić information content (AvgIpc) is 3.18. The lowest BCUT2D eigenvalue weighted by Gasteiger charge is -2.38. The lowest BCUT2D eigenvalue weighted by atomic mass is 9.91. The van der Waals surface area contributed by atoms with Gasteiger partial charge in [0.25, 0.3) is 5.91 Å². The van der Waals surface area contributed by atoms with Crippen LogP contribution in [-0.4, -0.2) is 65.8 Å². The van der Waals surface area contributed by atoms with E-state index in [0.717, 1.165) is 49.3 Å². The van der Waals surface area contributed by atoms with Crippen molar-refractivity contribution >= 4 is 44.7 Å². The number of likely N-dealkylation sites (tertiary alicyclic amines) is 1. The second-order valence-corrected chi connectivity index (χ2v) is 12.2. The molecule has 0 spiro atoms. The van der Waals surface area contributed by atoms with Crippen molar-refractivity contribution in [3.05, 3.63) is 52.3 Å². The van der Waals surface area contributed by atoms with Crippen LogP contribution < -0.4 is 15.4 Å². The van der Waals surface area contributed by atoms with Gasteiger partial charge in [0.15, 0.2) is 5.65 Å². The summed E-state index contributed by atoms with van der Waals surface area (Å²) in [5.74, 6) is 0.892. The van der Waals surface area contributed by atoms with Crippen molar-refractivity contribution in [1.82, 2.24) is 19.5 Å². The molecule has 0 radical (unpaired) electrons. The van der Waals surface area contributed by atoms with Crippen molar-refractivity contribution in [2.45, 2.75) is 38.8 Å². The first kappa shape index (κ1) is 24.8. The summed E-state index contributed by atoms with van der Waals surface area (Å²) in [6.07, 6.45) is 4.68. The molecule has 4 heterocycles. The molecule has 0 bridgehead atoms. The lowest BCUT2D eigenvalue weighted by Crippen LogP contribution is -2.56. The molecule has 2 fully saturated rings. The van der Waals surface area contributed by atoms with Gasteiger partial charge in [0.1, 0.15) is 5.82 Å². The van der Waals surface area contributed by atoms with E-state index in [1.165, 1.54) is 12.1 Å². The number of piperidine rings is 1. The molecule has 3 N–H and O–H groups in total. The van der Waals surface area contributed by atoms with Crippen LogP contribution in [0.15, 0.2) is 30.5 Å². The summed E-state index contributed by atoms with van der Waals surface area (Å²) in [5, 5.41) is 5.14. The van der Waals surface area contributed by atoms with E-state index in [4.69, 9.17) is 27.4 Å². The second kappa shape index (κ2) is 9.20. The molecule has 2 atom stereocenters. The first-order valence-corrected chi connectivity index (χ1v) is 14.2. The summed E-state index contributed by atoms with van der Waals surface area (Å²) >= 11 is 6.20. The second-order valence-electron chi connectivity index (χ2n) is 10.0. The van der Waals surface area contributed by atoms with E-state index in [0.29, 0.717) is 17.2 Å². The molecule has 2 aromatic heterocycles. The number of nitrogens with one attached hydrogen (secondary N) is 1. The first-order chi connectivity index (χ1) is 17.0. The molecule has 0 saturated carbocycles. The molecular formula is C24H30ClN7O3S. The predicted molar refractivity (Wildman–Crippen MR) is 140 cm³/mol. The standard InChI is InChI=1S/C24H30ClN7O3S/c1-14-4-7-21(20-9-22-27-23(30-12-17(26)13-30)15(2)11-32(22)28-20)31(10-14)24(33)18-8-16(25)5-6-19(18)29-36(3,34)35/h5-6,8-9,11,14,17,21,29H,4,7,10,12-13,26H2,1-3H3. The van der Waals surface area contributed by atoms with Crippen molar-refractivity contribution < 1.29 is 13.2 Å². The molecule has 2 saturated heterocycles. The lowest BCUT2D eigenvalue weighted by molar-refractivity contribution is 0.0538. The molecule has 2 aliphatic rings. The summed E-state index contributed by atoms with van der Waals surface area (Å²) in [6, 6.07) is 6.39. The Bertz CT molecular complexity index is 1430. The summed E-state index contributed by atoms with van der Waals surface area (Å²) in [4.78, 5) is 22.6. The van der Waals surface area contributed by atoms with Crippen LogP contribution in [0.5, 0.6) is 0 Å². The van der Waals surface area contributed by atoms with E-state index in [1.807, 2.05) is 19.2 Å². The van der Waals surface area contributed by atoms with Crippen LogP contribution >= 0.6 is 11.6 Å². The zero-order valence-corrected chi connectivity index (χ0v) is 22.1. The van der Waals surface area contributed by atoms with Gasteiger partial charge in [-0.3, -0.25) is 9.52 Å². The number of nitrogens with zero attached hydrogens (tertiary/aromatic N) is 5. The zero-order valence-electron chi connectivity index (χ0n) is 20.5. The van der Waals surface area contributed by atoms with Crippen molar-refractivity contribution in [3.8, 4) is 0 Å². The highest BCUT2D eigenvalue weighted by Gasteiger charge is 2.35. The molecule has 1 amide bonds. The minimum absolute atomic E-state index is 0.167. The average molecular weight is 532 g/mol. The molecule has 2 unspecified atom stereocenters. The highest BCUT2D eigenvalue weighted by molar-refractivity contribution is 7.92. The number of benzene rings is 1. The van der Waals surface area contributed by atoms with Crippen LogP contribution in [0.25, 0.3) is 5.65 Å². The molecule has 2 aliphatic heterocycles. The number of aryl methyl sites for hydroxylation is 1. The minimum Gasteiger partial charge on any atom is -0.353 e. The number of amides is 1. The summed E-state index contributed by atoms with van der Waals surface area (Å²) in [7, 11) is -3.59. The number of hydrogen-bond donors (Lipinski definition) is 2. The fourth-order valence-corrected chi connectivity index (χ4v) is 5.76. The fraction of sp³-hybridized carbons (Fsp3) is 0.458. The largest absolute Gasteiger partial charge is 0.353 e. The van der Waals surface area contributed by atoms with Crippen molar-refractivity contribution in [2.24, 2.45) is 11.7 Å². The Kier molecular flexibility index (Phi) is 6.34. The highest BCUT2D eigenvalue weighted by Crippen LogP contribution is 2.36. The summed E-state index contributed by atoms with van der Waals surface area (Å²) in [6.45, 7) is 6.17. The third-order valence-corrected chi connectivity index (χ3v) is 7.59. The Morgan fingerprint density at radius 2 is 1.94 bits per heavy atom. The van der Waals surface area contributed by atoms with Gasteiger partial charge in [-0.25, -0.2) is 17.9 Å². The number of anilines is 2. The molecule has 10 nitrogen and oxygen atoms in total. The van der Waals surface area contributed by atoms with Crippen molar-refractivity contribution in [3.63, 3.8) is 0 Å². The van der Waals surface area contributed by atoms with E-state index in [9.17, 15) is 13.2 Å². The third-order valence-electron chi connectivity index (χ3n) is 6.76. The number of halogens is 1. The summed E-state index contributed by atoms with van der Waals surface area (Å²) in [5.41, 5.74) is 8.83. The number of carbonyl (C=O) groups excluding carboxylic acids is 1. The first-order valence-electron chi connectivity index (χ1n) is 11.9. The fourth-order valence-electron chi connectivity index (χ4n) is 5.01. The maximum Gasteiger partial charge on any atom is 0.256 e. The normalized spacial score (nSPS) is 21.0. The Morgan fingerprint density at radius 1 is 1.19 bits per heavy atom. The molecular weight excluding hydrogens is 502 g/mol. The quantitative estimate of drug-likeness (QED) is 0.518. The molecule has 5 rings (SSSR count). The van der Waals surface area contributed by atoms with E-state index in [-0.39, 0.29) is 35.2 Å². The molecule has 0 aliphatic carbocycles. The van der Waals surface area contributed by atoms with Gasteiger partial charge < -0.3 is 15.5 Å². The van der Waals surface area contributed by atoms with E-state index >= 15 is 0 Å². The highest BCUT2D eigenvalue weighted by atomic mass is 35.5. The van der Waals surface area contributed by atoms with Gasteiger partial charge in [-0.1, -0.05) is 18.5 Å². The van der Waals surface area contributed by atoms with Crippen LogP contribution in [0, 0.1) is 12.8 Å². The number of hydrogen-bond acceptors (Lipinski definition) is 7. The van der Waals surface area contributed by atoms with Gasteiger partial charge in [0, 0.05) is 48.5 Å². The smallest absolute Gasteiger partial charge is 0.256 e. The topological polar surface area (TPSA) is 126 Å². The predicted octanol–water partition coefficient (Wildman–Crippen LogP) is 2.82. The monoisotopic (exact) mass is 531 g/mol. The summed E-state index contributed by atoms with van der Waals surface area (Å²) < 4.78 is 28.0. The molecule has 192 valence electrons. The number of aromatic nitrogens is 3. The number of carbonyl (C=O) groups is 1. The van der Waals surface area contributed by atoms with E-state index < -0.39 is 10.0 Å². The van der Waals surface area contributed by atoms with Crippen molar-refractivity contribution in [1.29, 1.82) is 0 Å². The Labute approximate surface area is 215 Å². The van der Waals surface area contributed by atoms with Crippen LogP contribution in [0.2, 0.25) is 5.02 Å². The van der Waals surface area contributed by atoms with E-state index in [2.05, 4.69) is 16.5 Å². The molecule has 36 heavy (non-hydrogen) atoms. The van der Waals surface area contributed by atoms with Crippen LogP contribution in [0.4, 0.5) is 11.5 Å². The van der Waals surface area contributed by atoms with Gasteiger partial charge in [0.05, 0.1) is 29.2 Å². The molecule has 12 heteroatoms. The molecule has 3 aromatic rings. The number of fused-ring (bicyclic) bond motifs is 1. The number of rotatable bonds is 5. The van der Waals surface area contributed by atoms with Crippen LogP contribution in [-0.2, 0) is 10.0 Å². The van der Waals surface area contributed by atoms with Gasteiger partial charge in [-0.2, -0.15) is 5.10 Å². The maximum atomic E-state index is 13.8. The number of nitrogens with two attached hydrogens (primary N) is 1. The molecule has 1 aromatic carbocycles. The van der Waals surface area contributed by atoms with Gasteiger partial charge in [0.2, 0.25) is 10.0 Å². The Balaban J connectivity index is 1.51. The Morgan fingerprint density at radius 3 is 2.64 bits per heavy atom.